The molecular weight excluding hydrogens is 206 g/mol. The Kier molecular flexibility index (Phi) is 3.93. The second kappa shape index (κ2) is 5.43. The number of imidazole rings is 1. The molecule has 0 bridgehead atoms. The summed E-state index contributed by atoms with van der Waals surface area (Å²) >= 11 is 0. The van der Waals surface area contributed by atoms with Gasteiger partial charge in [-0.1, -0.05) is 6.92 Å². The maximum Gasteiger partial charge on any atom is 0.159 e. The van der Waals surface area contributed by atoms with E-state index in [1.54, 1.807) is 6.20 Å². The third kappa shape index (κ3) is 2.61. The highest BCUT2D eigenvalue weighted by atomic mass is 16.7. The van der Waals surface area contributed by atoms with Crippen molar-refractivity contribution >= 4 is 0 Å². The highest BCUT2D eigenvalue weighted by Crippen LogP contribution is 2.19. The van der Waals surface area contributed by atoms with Crippen LogP contribution in [0.1, 0.15) is 31.6 Å². The topological polar surface area (TPSA) is 62.3 Å². The van der Waals surface area contributed by atoms with Crippen LogP contribution >= 0.6 is 0 Å². The molecule has 1 aromatic heterocycles. The molecule has 0 aromatic carbocycles. The van der Waals surface area contributed by atoms with Gasteiger partial charge in [0, 0.05) is 25.4 Å². The standard InChI is InChI=1S/C11H19N3O2/c1-2-4-14-5-3-13-11(14)9(12)8-10-15-6-7-16-10/h3,5,9-10H,2,4,6-8,12H2,1H3. The van der Waals surface area contributed by atoms with Crippen molar-refractivity contribution in [1.29, 1.82) is 0 Å². The fourth-order valence-corrected chi connectivity index (χ4v) is 1.94. The molecule has 1 saturated heterocycles. The van der Waals surface area contributed by atoms with Gasteiger partial charge in [-0.15, -0.1) is 0 Å². The van der Waals surface area contributed by atoms with E-state index in [0.29, 0.717) is 19.6 Å². The van der Waals surface area contributed by atoms with Crippen LogP contribution < -0.4 is 5.73 Å². The van der Waals surface area contributed by atoms with Crippen LogP contribution in [-0.2, 0) is 16.0 Å². The lowest BCUT2D eigenvalue weighted by Crippen LogP contribution is -2.22. The number of hydrogen-bond donors (Lipinski definition) is 1. The summed E-state index contributed by atoms with van der Waals surface area (Å²) in [4.78, 5) is 4.30. The summed E-state index contributed by atoms with van der Waals surface area (Å²) in [5.41, 5.74) is 6.11. The molecule has 2 heterocycles. The van der Waals surface area contributed by atoms with Gasteiger partial charge >= 0.3 is 0 Å². The number of rotatable bonds is 5. The first kappa shape index (κ1) is 11.6. The van der Waals surface area contributed by atoms with Crippen molar-refractivity contribution in [3.8, 4) is 0 Å². The summed E-state index contributed by atoms with van der Waals surface area (Å²) in [7, 11) is 0. The first-order valence-electron chi connectivity index (χ1n) is 5.81. The van der Waals surface area contributed by atoms with Gasteiger partial charge in [0.25, 0.3) is 0 Å². The molecular formula is C11H19N3O2. The molecule has 1 atom stereocenters. The minimum absolute atomic E-state index is 0.121. The number of ether oxygens (including phenoxy) is 2. The van der Waals surface area contributed by atoms with Gasteiger partial charge in [-0.05, 0) is 6.42 Å². The number of nitrogens with zero attached hydrogens (tertiary/aromatic N) is 2. The molecule has 1 unspecified atom stereocenters. The summed E-state index contributed by atoms with van der Waals surface area (Å²) in [5, 5.41) is 0. The van der Waals surface area contributed by atoms with Gasteiger partial charge in [0.05, 0.1) is 19.3 Å². The molecule has 0 spiro atoms. The SMILES string of the molecule is CCCn1ccnc1C(N)CC1OCCO1. The average molecular weight is 225 g/mol. The van der Waals surface area contributed by atoms with Gasteiger partial charge in [-0.3, -0.25) is 0 Å². The van der Waals surface area contributed by atoms with Crippen LogP contribution in [0.2, 0.25) is 0 Å². The number of aryl methyl sites for hydroxylation is 1. The van der Waals surface area contributed by atoms with Crippen molar-refractivity contribution in [2.75, 3.05) is 13.2 Å². The Morgan fingerprint density at radius 2 is 2.31 bits per heavy atom. The van der Waals surface area contributed by atoms with E-state index in [1.165, 1.54) is 0 Å². The molecule has 2 rings (SSSR count). The van der Waals surface area contributed by atoms with E-state index < -0.39 is 0 Å². The van der Waals surface area contributed by atoms with Crippen LogP contribution in [0.5, 0.6) is 0 Å². The van der Waals surface area contributed by atoms with Gasteiger partial charge in [-0.25, -0.2) is 4.98 Å². The second-order valence-electron chi connectivity index (χ2n) is 3.99. The summed E-state index contributed by atoms with van der Waals surface area (Å²) in [6.07, 6.45) is 5.34. The molecule has 5 nitrogen and oxygen atoms in total. The van der Waals surface area contributed by atoms with Crippen LogP contribution in [0.25, 0.3) is 0 Å². The maximum absolute atomic E-state index is 6.11. The molecule has 16 heavy (non-hydrogen) atoms. The number of aromatic nitrogens is 2. The van der Waals surface area contributed by atoms with Gasteiger partial charge in [0.2, 0.25) is 0 Å². The normalized spacial score (nSPS) is 19.1. The van der Waals surface area contributed by atoms with E-state index in [4.69, 9.17) is 15.2 Å². The van der Waals surface area contributed by atoms with E-state index in [2.05, 4.69) is 16.5 Å². The smallest absolute Gasteiger partial charge is 0.159 e. The molecule has 1 aliphatic heterocycles. The third-order valence-corrected chi connectivity index (χ3v) is 2.68. The van der Waals surface area contributed by atoms with Crippen molar-refractivity contribution < 1.29 is 9.47 Å². The Morgan fingerprint density at radius 1 is 1.56 bits per heavy atom. The van der Waals surface area contributed by atoms with E-state index >= 15 is 0 Å². The maximum atomic E-state index is 6.11. The molecule has 1 fully saturated rings. The lowest BCUT2D eigenvalue weighted by molar-refractivity contribution is -0.0513. The van der Waals surface area contributed by atoms with Crippen LogP contribution in [0.3, 0.4) is 0 Å². The van der Waals surface area contributed by atoms with E-state index in [9.17, 15) is 0 Å². The summed E-state index contributed by atoms with van der Waals surface area (Å²) in [6.45, 7) is 4.43. The van der Waals surface area contributed by atoms with Crippen LogP contribution in [0.15, 0.2) is 12.4 Å². The number of nitrogens with two attached hydrogens (primary N) is 1. The van der Waals surface area contributed by atoms with Gasteiger partial charge in [-0.2, -0.15) is 0 Å². The molecule has 0 radical (unpaired) electrons. The second-order valence-corrected chi connectivity index (χ2v) is 3.99. The Bertz CT molecular complexity index is 321. The summed E-state index contributed by atoms with van der Waals surface area (Å²) in [6, 6.07) is -0.121. The lowest BCUT2D eigenvalue weighted by atomic mass is 10.2. The van der Waals surface area contributed by atoms with Gasteiger partial charge < -0.3 is 19.8 Å². The highest BCUT2D eigenvalue weighted by molar-refractivity contribution is 4.98. The fraction of sp³-hybridized carbons (Fsp3) is 0.727. The zero-order valence-corrected chi connectivity index (χ0v) is 9.63. The van der Waals surface area contributed by atoms with Crippen molar-refractivity contribution in [2.45, 2.75) is 38.6 Å². The highest BCUT2D eigenvalue weighted by Gasteiger charge is 2.22. The fourth-order valence-electron chi connectivity index (χ4n) is 1.94. The summed E-state index contributed by atoms with van der Waals surface area (Å²) < 4.78 is 12.9. The van der Waals surface area contributed by atoms with Crippen molar-refractivity contribution in [2.24, 2.45) is 5.73 Å². The lowest BCUT2D eigenvalue weighted by Gasteiger charge is -2.16. The van der Waals surface area contributed by atoms with Crippen molar-refractivity contribution in [3.05, 3.63) is 18.2 Å². The van der Waals surface area contributed by atoms with Crippen molar-refractivity contribution in [3.63, 3.8) is 0 Å². The first-order chi connectivity index (χ1) is 7.81. The Morgan fingerprint density at radius 3 is 3.00 bits per heavy atom. The number of hydrogen-bond acceptors (Lipinski definition) is 4. The van der Waals surface area contributed by atoms with Gasteiger partial charge in [0.1, 0.15) is 5.82 Å². The predicted octanol–water partition coefficient (Wildman–Crippen LogP) is 1.06. The first-order valence-corrected chi connectivity index (χ1v) is 5.81. The molecule has 90 valence electrons. The Hall–Kier alpha value is -0.910. The van der Waals surface area contributed by atoms with Crippen LogP contribution in [0, 0.1) is 0 Å². The minimum Gasteiger partial charge on any atom is -0.350 e. The molecule has 0 amide bonds. The third-order valence-electron chi connectivity index (χ3n) is 2.68. The summed E-state index contributed by atoms with van der Waals surface area (Å²) in [5.74, 6) is 0.918. The minimum atomic E-state index is -0.165. The van der Waals surface area contributed by atoms with E-state index in [0.717, 1.165) is 18.8 Å². The van der Waals surface area contributed by atoms with Crippen molar-refractivity contribution in [1.82, 2.24) is 9.55 Å². The monoisotopic (exact) mass is 225 g/mol. The largest absolute Gasteiger partial charge is 0.350 e. The molecule has 2 N–H and O–H groups in total. The predicted molar refractivity (Wildman–Crippen MR) is 59.8 cm³/mol. The Balaban J connectivity index is 1.96. The molecule has 0 aliphatic carbocycles. The van der Waals surface area contributed by atoms with Gasteiger partial charge in [0.15, 0.2) is 6.29 Å². The van der Waals surface area contributed by atoms with Crippen LogP contribution in [0.4, 0.5) is 0 Å². The average Bonchev–Trinajstić information content (AvgIpc) is 2.89. The molecule has 0 saturated carbocycles. The van der Waals surface area contributed by atoms with Crippen LogP contribution in [-0.4, -0.2) is 29.1 Å². The van der Waals surface area contributed by atoms with E-state index in [1.807, 2.05) is 6.20 Å². The molecule has 1 aliphatic rings. The van der Waals surface area contributed by atoms with E-state index in [-0.39, 0.29) is 12.3 Å². The molecule has 5 heteroatoms. The quantitative estimate of drug-likeness (QED) is 0.813. The zero-order chi connectivity index (χ0) is 11.4. The Labute approximate surface area is 95.6 Å². The zero-order valence-electron chi connectivity index (χ0n) is 9.63. The molecule has 1 aromatic rings.